The standard InChI is InChI=1S/C21H22N2O9/c24-14-11(9-23-7-1-2-13(14)23)8-22-12-5-3-10(4-6-12)20(30)32-21-17(27)15(25)16(26)18(31-21)19(28)29/h1-7,11,15-18,21-22,25-27H,8-9H2,(H,28,29)/t11?,15-,16-,17+,18-,21-/m0/s1. The summed E-state index contributed by atoms with van der Waals surface area (Å²) in [6, 6.07) is 9.71. The van der Waals surface area contributed by atoms with E-state index in [0.717, 1.165) is 0 Å². The quantitative estimate of drug-likeness (QED) is 0.364. The second kappa shape index (κ2) is 8.71. The van der Waals surface area contributed by atoms with Gasteiger partial charge >= 0.3 is 11.9 Å². The van der Waals surface area contributed by atoms with Gasteiger partial charge in [-0.1, -0.05) is 0 Å². The van der Waals surface area contributed by atoms with Gasteiger partial charge in [0.1, 0.15) is 18.3 Å². The first-order valence-electron chi connectivity index (χ1n) is 9.93. The monoisotopic (exact) mass is 446 g/mol. The van der Waals surface area contributed by atoms with Gasteiger partial charge in [-0.3, -0.25) is 4.79 Å². The molecule has 0 saturated carbocycles. The Labute approximate surface area is 181 Å². The third-order valence-corrected chi connectivity index (χ3v) is 5.58. The number of carboxylic acid groups (broad SMARTS) is 1. The fourth-order valence-electron chi connectivity index (χ4n) is 3.77. The summed E-state index contributed by atoms with van der Waals surface area (Å²) >= 11 is 0. The number of aromatic nitrogens is 1. The summed E-state index contributed by atoms with van der Waals surface area (Å²) in [5.41, 5.74) is 1.45. The number of carboxylic acids is 1. The van der Waals surface area contributed by atoms with Gasteiger partial charge in [0.2, 0.25) is 6.29 Å². The largest absolute Gasteiger partial charge is 0.479 e. The number of aliphatic hydroxyl groups excluding tert-OH is 3. The van der Waals surface area contributed by atoms with Crippen LogP contribution < -0.4 is 5.32 Å². The summed E-state index contributed by atoms with van der Waals surface area (Å²) < 4.78 is 11.8. The molecule has 32 heavy (non-hydrogen) atoms. The molecule has 1 fully saturated rings. The van der Waals surface area contributed by atoms with Crippen LogP contribution >= 0.6 is 0 Å². The van der Waals surface area contributed by atoms with Crippen molar-refractivity contribution in [1.82, 2.24) is 4.57 Å². The lowest BCUT2D eigenvalue weighted by atomic mass is 9.99. The number of ether oxygens (including phenoxy) is 2. The van der Waals surface area contributed by atoms with Crippen molar-refractivity contribution in [2.75, 3.05) is 11.9 Å². The van der Waals surface area contributed by atoms with Crippen LogP contribution in [0.25, 0.3) is 0 Å². The third-order valence-electron chi connectivity index (χ3n) is 5.58. The van der Waals surface area contributed by atoms with E-state index in [-0.39, 0.29) is 17.3 Å². The molecular weight excluding hydrogens is 424 g/mol. The maximum Gasteiger partial charge on any atom is 0.340 e. The summed E-state index contributed by atoms with van der Waals surface area (Å²) in [4.78, 5) is 35.8. The molecule has 11 nitrogen and oxygen atoms in total. The number of esters is 1. The molecule has 2 aliphatic rings. The highest BCUT2D eigenvalue weighted by atomic mass is 16.7. The molecule has 1 saturated heterocycles. The van der Waals surface area contributed by atoms with E-state index in [1.807, 2.05) is 16.8 Å². The van der Waals surface area contributed by atoms with Gasteiger partial charge in [-0.05, 0) is 36.4 Å². The SMILES string of the molecule is O=C(O[C@@H]1O[C@H](C(=O)O)[C@@H](O)[C@H](O)[C@H]1O)c1ccc(NCC2Cn3cccc3C2=O)cc1. The van der Waals surface area contributed by atoms with E-state index in [9.17, 15) is 29.7 Å². The number of aliphatic carboxylic acids is 1. The zero-order valence-corrected chi connectivity index (χ0v) is 16.7. The average Bonchev–Trinajstić information content (AvgIpc) is 3.35. The summed E-state index contributed by atoms with van der Waals surface area (Å²) in [5, 5.41) is 41.6. The van der Waals surface area contributed by atoms with Gasteiger partial charge in [0.15, 0.2) is 11.9 Å². The first-order valence-corrected chi connectivity index (χ1v) is 9.93. The Bertz CT molecular complexity index is 1020. The van der Waals surface area contributed by atoms with Crippen molar-refractivity contribution in [1.29, 1.82) is 0 Å². The lowest BCUT2D eigenvalue weighted by Gasteiger charge is -2.37. The van der Waals surface area contributed by atoms with Gasteiger partial charge in [-0.2, -0.15) is 0 Å². The second-order valence-electron chi connectivity index (χ2n) is 7.71. The molecule has 4 rings (SSSR count). The molecule has 2 aliphatic heterocycles. The number of rotatable bonds is 6. The highest BCUT2D eigenvalue weighted by molar-refractivity contribution is 5.98. The van der Waals surface area contributed by atoms with Crippen LogP contribution in [0.2, 0.25) is 0 Å². The van der Waals surface area contributed by atoms with Crippen LogP contribution in [0.15, 0.2) is 42.6 Å². The van der Waals surface area contributed by atoms with Crippen LogP contribution in [0.1, 0.15) is 20.8 Å². The Balaban J connectivity index is 1.33. The molecule has 5 N–H and O–H groups in total. The number of anilines is 1. The molecule has 2 aromatic rings. The van der Waals surface area contributed by atoms with E-state index in [4.69, 9.17) is 14.6 Å². The number of fused-ring (bicyclic) bond motifs is 1. The van der Waals surface area contributed by atoms with Gasteiger partial charge in [0.05, 0.1) is 17.2 Å². The fraction of sp³-hybridized carbons (Fsp3) is 0.381. The number of nitrogens with zero attached hydrogens (tertiary/aromatic N) is 1. The Kier molecular flexibility index (Phi) is 5.98. The molecule has 0 bridgehead atoms. The van der Waals surface area contributed by atoms with Crippen molar-refractivity contribution in [2.24, 2.45) is 5.92 Å². The number of hydrogen-bond donors (Lipinski definition) is 5. The molecule has 1 aromatic carbocycles. The predicted octanol–water partition coefficient (Wildman–Crippen LogP) is -0.538. The van der Waals surface area contributed by atoms with Crippen molar-refractivity contribution < 1.29 is 44.3 Å². The van der Waals surface area contributed by atoms with Gasteiger partial charge < -0.3 is 39.8 Å². The van der Waals surface area contributed by atoms with Crippen molar-refractivity contribution in [3.63, 3.8) is 0 Å². The van der Waals surface area contributed by atoms with Crippen LogP contribution in [0.3, 0.4) is 0 Å². The van der Waals surface area contributed by atoms with Crippen molar-refractivity contribution in [3.8, 4) is 0 Å². The van der Waals surface area contributed by atoms with E-state index in [1.54, 1.807) is 18.2 Å². The van der Waals surface area contributed by atoms with Crippen LogP contribution in [0.5, 0.6) is 0 Å². The first kappa shape index (κ1) is 22.0. The molecule has 11 heteroatoms. The zero-order valence-electron chi connectivity index (χ0n) is 16.7. The van der Waals surface area contributed by atoms with E-state index >= 15 is 0 Å². The maximum atomic E-state index is 12.4. The van der Waals surface area contributed by atoms with Crippen molar-refractivity contribution in [3.05, 3.63) is 53.9 Å². The highest BCUT2D eigenvalue weighted by Gasteiger charge is 2.48. The molecule has 6 atom stereocenters. The molecule has 0 radical (unpaired) electrons. The van der Waals surface area contributed by atoms with Crippen LogP contribution in [-0.4, -0.2) is 80.0 Å². The molecular formula is C21H22N2O9. The van der Waals surface area contributed by atoms with Gasteiger partial charge in [0.25, 0.3) is 0 Å². The van der Waals surface area contributed by atoms with Crippen LogP contribution in [-0.2, 0) is 20.8 Å². The normalized spacial score (nSPS) is 29.4. The van der Waals surface area contributed by atoms with Gasteiger partial charge in [-0.25, -0.2) is 9.59 Å². The van der Waals surface area contributed by atoms with Crippen LogP contribution in [0.4, 0.5) is 5.69 Å². The summed E-state index contributed by atoms with van der Waals surface area (Å²) in [6.07, 6.45) is -7.34. The molecule has 0 spiro atoms. The Morgan fingerprint density at radius 3 is 2.47 bits per heavy atom. The number of nitrogens with one attached hydrogen (secondary N) is 1. The Morgan fingerprint density at radius 1 is 1.09 bits per heavy atom. The number of Topliss-reactive ketones (excluding diaryl/α,β-unsaturated/α-hetero) is 1. The van der Waals surface area contributed by atoms with Gasteiger partial charge in [0, 0.05) is 25.0 Å². The van der Waals surface area contributed by atoms with E-state index in [0.29, 0.717) is 24.5 Å². The molecule has 0 amide bonds. The number of ketones is 1. The van der Waals surface area contributed by atoms with Crippen molar-refractivity contribution in [2.45, 2.75) is 37.3 Å². The Hall–Kier alpha value is -3.25. The number of carbonyl (C=O) groups excluding carboxylic acids is 2. The summed E-state index contributed by atoms with van der Waals surface area (Å²) in [7, 11) is 0. The predicted molar refractivity (Wildman–Crippen MR) is 107 cm³/mol. The topological polar surface area (TPSA) is 168 Å². The lowest BCUT2D eigenvalue weighted by molar-refractivity contribution is -0.278. The Morgan fingerprint density at radius 2 is 1.81 bits per heavy atom. The smallest absolute Gasteiger partial charge is 0.340 e. The first-order chi connectivity index (χ1) is 15.3. The summed E-state index contributed by atoms with van der Waals surface area (Å²) in [5.74, 6) is -2.61. The number of benzene rings is 1. The van der Waals surface area contributed by atoms with E-state index in [2.05, 4.69) is 5.32 Å². The molecule has 170 valence electrons. The van der Waals surface area contributed by atoms with Crippen molar-refractivity contribution >= 4 is 23.4 Å². The van der Waals surface area contributed by atoms with Crippen LogP contribution in [0, 0.1) is 5.92 Å². The maximum absolute atomic E-state index is 12.4. The second-order valence-corrected chi connectivity index (χ2v) is 7.71. The average molecular weight is 446 g/mol. The minimum Gasteiger partial charge on any atom is -0.479 e. The third kappa shape index (κ3) is 4.10. The summed E-state index contributed by atoms with van der Waals surface area (Å²) in [6.45, 7) is 1.02. The minimum atomic E-state index is -1.88. The lowest BCUT2D eigenvalue weighted by Crippen LogP contribution is -2.60. The molecule has 1 unspecified atom stereocenters. The molecule has 1 aromatic heterocycles. The molecule has 0 aliphatic carbocycles. The number of carbonyl (C=O) groups is 3. The van der Waals surface area contributed by atoms with E-state index < -0.39 is 42.6 Å². The highest BCUT2D eigenvalue weighted by Crippen LogP contribution is 2.24. The minimum absolute atomic E-state index is 0.0701. The molecule has 3 heterocycles. The fourth-order valence-corrected chi connectivity index (χ4v) is 3.77. The number of hydrogen-bond acceptors (Lipinski definition) is 9. The van der Waals surface area contributed by atoms with Gasteiger partial charge in [-0.15, -0.1) is 0 Å². The zero-order chi connectivity index (χ0) is 23.0. The number of aliphatic hydroxyl groups is 3. The van der Waals surface area contributed by atoms with E-state index in [1.165, 1.54) is 12.1 Å².